The van der Waals surface area contributed by atoms with Crippen LogP contribution in [-0.4, -0.2) is 63.2 Å². The minimum absolute atomic E-state index is 0.00921. The summed E-state index contributed by atoms with van der Waals surface area (Å²) in [5.74, 6) is 0.00921. The molecule has 2 aromatic heterocycles. The molecule has 7 nitrogen and oxygen atoms in total. The highest BCUT2D eigenvalue weighted by Crippen LogP contribution is 2.12. The van der Waals surface area contributed by atoms with Gasteiger partial charge in [-0.25, -0.2) is 9.67 Å². The van der Waals surface area contributed by atoms with Crippen molar-refractivity contribution < 1.29 is 4.79 Å². The van der Waals surface area contributed by atoms with E-state index in [4.69, 9.17) is 0 Å². The maximum atomic E-state index is 12.3. The maximum absolute atomic E-state index is 12.3. The van der Waals surface area contributed by atoms with Crippen LogP contribution in [0.5, 0.6) is 0 Å². The lowest BCUT2D eigenvalue weighted by Gasteiger charge is -2.34. The van der Waals surface area contributed by atoms with Crippen molar-refractivity contribution in [1.29, 1.82) is 0 Å². The van der Waals surface area contributed by atoms with Gasteiger partial charge in [-0.2, -0.15) is 5.10 Å². The van der Waals surface area contributed by atoms with Gasteiger partial charge < -0.3 is 4.90 Å². The molecule has 2 aromatic rings. The SMILES string of the molecule is Cc1nc(C(=O)N2CCN(CCn3ncccc3=O)CC2)cs1. The number of aromatic nitrogens is 3. The number of hydrogen-bond acceptors (Lipinski definition) is 6. The van der Waals surface area contributed by atoms with Gasteiger partial charge in [0.25, 0.3) is 11.5 Å². The highest BCUT2D eigenvalue weighted by atomic mass is 32.1. The third kappa shape index (κ3) is 3.83. The normalized spacial score (nSPS) is 15.8. The number of rotatable bonds is 4. The zero-order chi connectivity index (χ0) is 16.2. The van der Waals surface area contributed by atoms with E-state index < -0.39 is 0 Å². The number of carbonyl (C=O) groups is 1. The summed E-state index contributed by atoms with van der Waals surface area (Å²) in [7, 11) is 0. The smallest absolute Gasteiger partial charge is 0.273 e. The van der Waals surface area contributed by atoms with Crippen LogP contribution < -0.4 is 5.56 Å². The van der Waals surface area contributed by atoms with Crippen LogP contribution in [-0.2, 0) is 6.54 Å². The van der Waals surface area contributed by atoms with Crippen LogP contribution in [0.4, 0.5) is 0 Å². The molecule has 1 saturated heterocycles. The van der Waals surface area contributed by atoms with Crippen LogP contribution in [0.1, 0.15) is 15.5 Å². The van der Waals surface area contributed by atoms with Gasteiger partial charge in [0.05, 0.1) is 11.6 Å². The van der Waals surface area contributed by atoms with Crippen molar-refractivity contribution in [2.24, 2.45) is 0 Å². The predicted octanol–water partition coefficient (Wildman–Crippen LogP) is 0.466. The van der Waals surface area contributed by atoms with Crippen LogP contribution in [0.3, 0.4) is 0 Å². The van der Waals surface area contributed by atoms with Gasteiger partial charge in [0.2, 0.25) is 0 Å². The van der Waals surface area contributed by atoms with Gasteiger partial charge in [-0.15, -0.1) is 11.3 Å². The summed E-state index contributed by atoms with van der Waals surface area (Å²) >= 11 is 1.50. The molecule has 0 N–H and O–H groups in total. The first-order valence-electron chi connectivity index (χ1n) is 7.59. The second-order valence-corrected chi connectivity index (χ2v) is 6.53. The van der Waals surface area contributed by atoms with Crippen molar-refractivity contribution in [2.75, 3.05) is 32.7 Å². The summed E-state index contributed by atoms with van der Waals surface area (Å²) in [6.45, 7) is 6.21. The van der Waals surface area contributed by atoms with Crippen LogP contribution in [0.15, 0.2) is 28.5 Å². The molecule has 8 heteroatoms. The van der Waals surface area contributed by atoms with Crippen LogP contribution in [0.25, 0.3) is 0 Å². The molecule has 0 saturated carbocycles. The van der Waals surface area contributed by atoms with E-state index in [1.54, 1.807) is 12.3 Å². The minimum Gasteiger partial charge on any atom is -0.335 e. The Bertz CT molecular complexity index is 733. The number of thiazole rings is 1. The summed E-state index contributed by atoms with van der Waals surface area (Å²) in [6, 6.07) is 3.16. The number of carbonyl (C=O) groups excluding carboxylic acids is 1. The molecule has 0 aliphatic carbocycles. The molecule has 3 heterocycles. The minimum atomic E-state index is -0.0831. The quantitative estimate of drug-likeness (QED) is 0.813. The van der Waals surface area contributed by atoms with Crippen molar-refractivity contribution in [2.45, 2.75) is 13.5 Å². The third-order valence-corrected chi connectivity index (χ3v) is 4.68. The van der Waals surface area contributed by atoms with E-state index in [2.05, 4.69) is 15.0 Å². The summed E-state index contributed by atoms with van der Waals surface area (Å²) in [5.41, 5.74) is 0.459. The number of aryl methyl sites for hydroxylation is 1. The second kappa shape index (κ2) is 7.01. The Kier molecular flexibility index (Phi) is 4.82. The Balaban J connectivity index is 1.50. The number of hydrogen-bond donors (Lipinski definition) is 0. The number of amides is 1. The van der Waals surface area contributed by atoms with E-state index in [-0.39, 0.29) is 11.5 Å². The van der Waals surface area contributed by atoms with Crippen LogP contribution in [0, 0.1) is 6.92 Å². The van der Waals surface area contributed by atoms with Crippen molar-refractivity contribution in [3.8, 4) is 0 Å². The molecule has 122 valence electrons. The maximum Gasteiger partial charge on any atom is 0.273 e. The Labute approximate surface area is 138 Å². The number of nitrogens with zero attached hydrogens (tertiary/aromatic N) is 5. The fourth-order valence-electron chi connectivity index (χ4n) is 2.59. The van der Waals surface area contributed by atoms with Gasteiger partial charge in [0.1, 0.15) is 5.69 Å². The fraction of sp³-hybridized carbons (Fsp3) is 0.467. The van der Waals surface area contributed by atoms with Crippen LogP contribution in [0.2, 0.25) is 0 Å². The lowest BCUT2D eigenvalue weighted by atomic mass is 10.3. The summed E-state index contributed by atoms with van der Waals surface area (Å²) in [6.07, 6.45) is 1.62. The molecule has 0 unspecified atom stereocenters. The van der Waals surface area contributed by atoms with E-state index in [9.17, 15) is 9.59 Å². The van der Waals surface area contributed by atoms with Gasteiger partial charge in [-0.3, -0.25) is 14.5 Å². The fourth-order valence-corrected chi connectivity index (χ4v) is 3.18. The lowest BCUT2D eigenvalue weighted by Crippen LogP contribution is -2.49. The summed E-state index contributed by atoms with van der Waals surface area (Å²) in [4.78, 5) is 32.3. The molecule has 1 aliphatic rings. The van der Waals surface area contributed by atoms with E-state index >= 15 is 0 Å². The molecule has 3 rings (SSSR count). The molecular weight excluding hydrogens is 314 g/mol. The van der Waals surface area contributed by atoms with E-state index in [0.29, 0.717) is 25.3 Å². The Morgan fingerprint density at radius 3 is 2.70 bits per heavy atom. The largest absolute Gasteiger partial charge is 0.335 e. The zero-order valence-corrected chi connectivity index (χ0v) is 13.8. The molecule has 1 aliphatic heterocycles. The van der Waals surface area contributed by atoms with E-state index in [0.717, 1.165) is 24.6 Å². The first-order chi connectivity index (χ1) is 11.1. The average molecular weight is 333 g/mol. The zero-order valence-electron chi connectivity index (χ0n) is 13.0. The topological polar surface area (TPSA) is 71.3 Å². The molecule has 1 amide bonds. The molecular formula is C15H19N5O2S. The van der Waals surface area contributed by atoms with Gasteiger partial charge >= 0.3 is 0 Å². The van der Waals surface area contributed by atoms with Crippen molar-refractivity contribution >= 4 is 17.2 Å². The molecule has 0 bridgehead atoms. The van der Waals surface area contributed by atoms with Gasteiger partial charge in [0, 0.05) is 50.4 Å². The highest BCUT2D eigenvalue weighted by Gasteiger charge is 2.23. The molecule has 0 atom stereocenters. The monoisotopic (exact) mass is 333 g/mol. The van der Waals surface area contributed by atoms with Gasteiger partial charge in [0.15, 0.2) is 0 Å². The Hall–Kier alpha value is -2.06. The number of piperazine rings is 1. The predicted molar refractivity (Wildman–Crippen MR) is 87.7 cm³/mol. The first-order valence-corrected chi connectivity index (χ1v) is 8.47. The second-order valence-electron chi connectivity index (χ2n) is 5.47. The molecule has 0 radical (unpaired) electrons. The lowest BCUT2D eigenvalue weighted by molar-refractivity contribution is 0.0626. The van der Waals surface area contributed by atoms with Crippen molar-refractivity contribution in [1.82, 2.24) is 24.6 Å². The molecule has 0 aromatic carbocycles. The molecule has 0 spiro atoms. The van der Waals surface area contributed by atoms with Gasteiger partial charge in [-0.05, 0) is 13.0 Å². The Morgan fingerprint density at radius 2 is 2.04 bits per heavy atom. The van der Waals surface area contributed by atoms with Crippen molar-refractivity contribution in [3.63, 3.8) is 0 Å². The molecule has 1 fully saturated rings. The average Bonchev–Trinajstić information content (AvgIpc) is 3.00. The van der Waals surface area contributed by atoms with Crippen LogP contribution >= 0.6 is 11.3 Å². The molecule has 23 heavy (non-hydrogen) atoms. The van der Waals surface area contributed by atoms with E-state index in [1.165, 1.54) is 22.1 Å². The Morgan fingerprint density at radius 1 is 1.26 bits per heavy atom. The third-order valence-electron chi connectivity index (χ3n) is 3.91. The van der Waals surface area contributed by atoms with E-state index in [1.807, 2.05) is 17.2 Å². The highest BCUT2D eigenvalue weighted by molar-refractivity contribution is 7.09. The van der Waals surface area contributed by atoms with Crippen molar-refractivity contribution in [3.05, 3.63) is 44.8 Å². The summed E-state index contributed by atoms with van der Waals surface area (Å²) in [5, 5.41) is 6.78. The standard InChI is InChI=1S/C15H19N5O2S/c1-12-17-13(11-23-12)15(22)19-8-5-18(6-9-19)7-10-20-14(21)3-2-4-16-20/h2-4,11H,5-10H2,1H3. The van der Waals surface area contributed by atoms with Gasteiger partial charge in [-0.1, -0.05) is 0 Å². The first kappa shape index (κ1) is 15.8. The summed E-state index contributed by atoms with van der Waals surface area (Å²) < 4.78 is 1.47.